The quantitative estimate of drug-likeness (QED) is 0.188. The molecule has 0 saturated heterocycles. The van der Waals surface area contributed by atoms with Gasteiger partial charge in [0.05, 0.1) is 6.61 Å². The lowest BCUT2D eigenvalue weighted by atomic mass is 10.1. The predicted molar refractivity (Wildman–Crippen MR) is 96.0 cm³/mol. The molecule has 0 aromatic carbocycles. The molecule has 0 aliphatic heterocycles. The third kappa shape index (κ3) is 17.0. The van der Waals surface area contributed by atoms with E-state index in [0.29, 0.717) is 13.0 Å². The molecule has 0 atom stereocenters. The van der Waals surface area contributed by atoms with Gasteiger partial charge in [-0.15, -0.1) is 6.58 Å². The van der Waals surface area contributed by atoms with E-state index in [1.807, 2.05) is 6.08 Å². The van der Waals surface area contributed by atoms with E-state index in [-0.39, 0.29) is 5.97 Å². The number of carbonyl (C=O) groups is 1. The van der Waals surface area contributed by atoms with Crippen LogP contribution in [0, 0.1) is 0 Å². The molecule has 0 bridgehead atoms. The molecule has 0 unspecified atom stereocenters. The van der Waals surface area contributed by atoms with Gasteiger partial charge in [-0.25, -0.2) is 0 Å². The molecule has 0 heterocycles. The fourth-order valence-corrected chi connectivity index (χ4v) is 2.33. The van der Waals surface area contributed by atoms with E-state index in [1.165, 1.54) is 44.9 Å². The van der Waals surface area contributed by atoms with Crippen LogP contribution in [0.15, 0.2) is 24.8 Å². The number of hydrogen-bond donors (Lipinski definition) is 0. The van der Waals surface area contributed by atoms with Gasteiger partial charge in [-0.1, -0.05) is 63.7 Å². The standard InChI is InChI=1S/C20H36O2/c1-3-5-7-9-11-12-14-16-18-20(21)22-19-17-15-13-10-8-6-4-2/h3,13,15H,1,4-12,14,16-19H2,2H3/b15-13+. The van der Waals surface area contributed by atoms with Crippen molar-refractivity contribution in [3.05, 3.63) is 24.8 Å². The van der Waals surface area contributed by atoms with Crippen LogP contribution in [0.1, 0.15) is 90.4 Å². The Morgan fingerprint density at radius 1 is 0.864 bits per heavy atom. The van der Waals surface area contributed by atoms with Crippen molar-refractivity contribution in [1.82, 2.24) is 0 Å². The smallest absolute Gasteiger partial charge is 0.305 e. The summed E-state index contributed by atoms with van der Waals surface area (Å²) in [6, 6.07) is 0. The largest absolute Gasteiger partial charge is 0.465 e. The Hall–Kier alpha value is -1.05. The first-order valence-corrected chi connectivity index (χ1v) is 9.22. The van der Waals surface area contributed by atoms with Crippen molar-refractivity contribution in [2.45, 2.75) is 90.4 Å². The van der Waals surface area contributed by atoms with Crippen LogP contribution in [0.3, 0.4) is 0 Å². The molecule has 0 radical (unpaired) electrons. The lowest BCUT2D eigenvalue weighted by Crippen LogP contribution is -2.04. The first-order chi connectivity index (χ1) is 10.8. The van der Waals surface area contributed by atoms with Crippen LogP contribution in [0.2, 0.25) is 0 Å². The molecule has 2 nitrogen and oxygen atoms in total. The summed E-state index contributed by atoms with van der Waals surface area (Å²) < 4.78 is 5.23. The molecule has 0 aromatic rings. The second-order valence-electron chi connectivity index (χ2n) is 5.93. The number of hydrogen-bond acceptors (Lipinski definition) is 2. The van der Waals surface area contributed by atoms with Crippen LogP contribution in [0.5, 0.6) is 0 Å². The van der Waals surface area contributed by atoms with Gasteiger partial charge in [0.1, 0.15) is 0 Å². The molecule has 0 rings (SSSR count). The minimum atomic E-state index is -0.0361. The third-order valence-corrected chi connectivity index (χ3v) is 3.73. The second-order valence-corrected chi connectivity index (χ2v) is 5.93. The topological polar surface area (TPSA) is 26.3 Å². The van der Waals surface area contributed by atoms with Gasteiger partial charge in [0.2, 0.25) is 0 Å². The van der Waals surface area contributed by atoms with Gasteiger partial charge in [-0.3, -0.25) is 4.79 Å². The van der Waals surface area contributed by atoms with Crippen molar-refractivity contribution < 1.29 is 9.53 Å². The molecule has 0 aliphatic carbocycles. The molecule has 0 amide bonds. The van der Waals surface area contributed by atoms with Crippen molar-refractivity contribution in [2.24, 2.45) is 0 Å². The molecular formula is C20H36O2. The Labute approximate surface area is 138 Å². The van der Waals surface area contributed by atoms with E-state index >= 15 is 0 Å². The SMILES string of the molecule is C=CCCCCCCCCC(=O)OCC/C=C/CCCCC. The zero-order valence-electron chi connectivity index (χ0n) is 14.7. The van der Waals surface area contributed by atoms with Gasteiger partial charge < -0.3 is 4.74 Å². The fourth-order valence-electron chi connectivity index (χ4n) is 2.33. The van der Waals surface area contributed by atoms with E-state index < -0.39 is 0 Å². The molecule has 0 aromatic heterocycles. The van der Waals surface area contributed by atoms with Gasteiger partial charge in [-0.05, 0) is 38.5 Å². The van der Waals surface area contributed by atoms with Crippen LogP contribution < -0.4 is 0 Å². The minimum Gasteiger partial charge on any atom is -0.465 e. The van der Waals surface area contributed by atoms with E-state index in [9.17, 15) is 4.79 Å². The zero-order chi connectivity index (χ0) is 16.3. The summed E-state index contributed by atoms with van der Waals surface area (Å²) in [4.78, 5) is 11.5. The number of esters is 1. The van der Waals surface area contributed by atoms with Crippen molar-refractivity contribution in [3.8, 4) is 0 Å². The molecule has 22 heavy (non-hydrogen) atoms. The van der Waals surface area contributed by atoms with Gasteiger partial charge in [0, 0.05) is 6.42 Å². The Morgan fingerprint density at radius 2 is 1.50 bits per heavy atom. The summed E-state index contributed by atoms with van der Waals surface area (Å²) in [5, 5.41) is 0. The Balaban J connectivity index is 3.24. The highest BCUT2D eigenvalue weighted by Crippen LogP contribution is 2.09. The van der Waals surface area contributed by atoms with Gasteiger partial charge in [-0.2, -0.15) is 0 Å². The number of ether oxygens (including phenoxy) is 1. The lowest BCUT2D eigenvalue weighted by Gasteiger charge is -2.03. The molecule has 0 N–H and O–H groups in total. The summed E-state index contributed by atoms with van der Waals surface area (Å²) in [7, 11) is 0. The Bertz CT molecular complexity index is 281. The molecule has 0 spiro atoms. The normalized spacial score (nSPS) is 11.0. The van der Waals surface area contributed by atoms with E-state index in [4.69, 9.17) is 4.74 Å². The first-order valence-electron chi connectivity index (χ1n) is 9.22. The van der Waals surface area contributed by atoms with Crippen LogP contribution >= 0.6 is 0 Å². The zero-order valence-corrected chi connectivity index (χ0v) is 14.7. The maximum Gasteiger partial charge on any atom is 0.305 e. The number of allylic oxidation sites excluding steroid dienone is 2. The number of carbonyl (C=O) groups excluding carboxylic acids is 1. The monoisotopic (exact) mass is 308 g/mol. The summed E-state index contributed by atoms with van der Waals surface area (Å²) in [5.41, 5.74) is 0. The molecule has 2 heteroatoms. The summed E-state index contributed by atoms with van der Waals surface area (Å²) >= 11 is 0. The predicted octanol–water partition coefficient (Wildman–Crippen LogP) is 6.36. The van der Waals surface area contributed by atoms with E-state index in [1.54, 1.807) is 0 Å². The van der Waals surface area contributed by atoms with Crippen LogP contribution in [-0.4, -0.2) is 12.6 Å². The van der Waals surface area contributed by atoms with Crippen molar-refractivity contribution in [1.29, 1.82) is 0 Å². The van der Waals surface area contributed by atoms with E-state index in [0.717, 1.165) is 32.1 Å². The molecule has 128 valence electrons. The average Bonchev–Trinajstić information content (AvgIpc) is 2.52. The van der Waals surface area contributed by atoms with E-state index in [2.05, 4.69) is 25.7 Å². The van der Waals surface area contributed by atoms with Crippen LogP contribution in [-0.2, 0) is 9.53 Å². The van der Waals surface area contributed by atoms with Crippen molar-refractivity contribution in [3.63, 3.8) is 0 Å². The van der Waals surface area contributed by atoms with Gasteiger partial charge in [0.15, 0.2) is 0 Å². The maximum absolute atomic E-state index is 11.5. The van der Waals surface area contributed by atoms with Gasteiger partial charge >= 0.3 is 5.97 Å². The lowest BCUT2D eigenvalue weighted by molar-refractivity contribution is -0.143. The van der Waals surface area contributed by atoms with Crippen molar-refractivity contribution >= 4 is 5.97 Å². The Morgan fingerprint density at radius 3 is 2.23 bits per heavy atom. The summed E-state index contributed by atoms with van der Waals surface area (Å²) in [6.07, 6.45) is 21.0. The fraction of sp³-hybridized carbons (Fsp3) is 0.750. The highest BCUT2D eigenvalue weighted by atomic mass is 16.5. The molecule has 0 fully saturated rings. The third-order valence-electron chi connectivity index (χ3n) is 3.73. The van der Waals surface area contributed by atoms with Crippen LogP contribution in [0.4, 0.5) is 0 Å². The highest BCUT2D eigenvalue weighted by Gasteiger charge is 2.01. The van der Waals surface area contributed by atoms with Crippen LogP contribution in [0.25, 0.3) is 0 Å². The Kier molecular flexibility index (Phi) is 17.1. The second kappa shape index (κ2) is 18.0. The number of rotatable bonds is 16. The summed E-state index contributed by atoms with van der Waals surface area (Å²) in [5.74, 6) is -0.0361. The minimum absolute atomic E-state index is 0.0361. The van der Waals surface area contributed by atoms with Crippen molar-refractivity contribution in [2.75, 3.05) is 6.61 Å². The molecule has 0 saturated carbocycles. The number of unbranched alkanes of at least 4 members (excludes halogenated alkanes) is 9. The molecule has 0 aliphatic rings. The maximum atomic E-state index is 11.5. The first kappa shape index (κ1) is 20.9. The molecular weight excluding hydrogens is 272 g/mol. The summed E-state index contributed by atoms with van der Waals surface area (Å²) in [6.45, 7) is 6.47. The highest BCUT2D eigenvalue weighted by molar-refractivity contribution is 5.69. The average molecular weight is 309 g/mol. The van der Waals surface area contributed by atoms with Gasteiger partial charge in [0.25, 0.3) is 0 Å².